The van der Waals surface area contributed by atoms with E-state index in [2.05, 4.69) is 0 Å². The average molecular weight is 298 g/mol. The Morgan fingerprint density at radius 1 is 0.955 bits per heavy atom. The quantitative estimate of drug-likeness (QED) is 0.764. The lowest BCUT2D eigenvalue weighted by Crippen LogP contribution is -2.46. The molecule has 1 amide bonds. The van der Waals surface area contributed by atoms with E-state index in [1.54, 1.807) is 36.4 Å². The van der Waals surface area contributed by atoms with Gasteiger partial charge in [0.2, 0.25) is 0 Å². The highest BCUT2D eigenvalue weighted by molar-refractivity contribution is 6.05. The normalized spacial score (nSPS) is 10.5. The number of nitrogens with zero attached hydrogens (tertiary/aromatic N) is 2. The van der Waals surface area contributed by atoms with Crippen molar-refractivity contribution in [3.05, 3.63) is 60.2 Å². The first kappa shape index (κ1) is 16.0. The smallest absolute Gasteiger partial charge is 0.272 e. The molecule has 4 nitrogen and oxygen atoms in total. The van der Waals surface area contributed by atoms with Gasteiger partial charge in [-0.2, -0.15) is 0 Å². The van der Waals surface area contributed by atoms with Gasteiger partial charge >= 0.3 is 0 Å². The number of hydrazine groups is 1. The Labute approximate surface area is 131 Å². The van der Waals surface area contributed by atoms with E-state index in [-0.39, 0.29) is 5.91 Å². The van der Waals surface area contributed by atoms with Crippen LogP contribution in [0.1, 0.15) is 24.2 Å². The van der Waals surface area contributed by atoms with Gasteiger partial charge < -0.3 is 4.74 Å². The summed E-state index contributed by atoms with van der Waals surface area (Å²) in [4.78, 5) is 12.9. The Balaban J connectivity index is 2.37. The summed E-state index contributed by atoms with van der Waals surface area (Å²) in [5, 5.41) is 3.75. The highest BCUT2D eigenvalue weighted by Gasteiger charge is 2.22. The van der Waals surface area contributed by atoms with Crippen LogP contribution in [0.4, 0.5) is 5.69 Å². The molecular weight excluding hydrogens is 276 g/mol. The van der Waals surface area contributed by atoms with E-state index >= 15 is 0 Å². The van der Waals surface area contributed by atoms with Gasteiger partial charge in [0.1, 0.15) is 5.75 Å². The number of methoxy groups -OCH3 is 1. The summed E-state index contributed by atoms with van der Waals surface area (Å²) in [6.07, 6.45) is 0. The summed E-state index contributed by atoms with van der Waals surface area (Å²) in [6, 6.07) is 16.9. The molecule has 0 heterocycles. The number of anilines is 1. The molecule has 0 fully saturated rings. The van der Waals surface area contributed by atoms with Crippen LogP contribution in [0.3, 0.4) is 0 Å². The van der Waals surface area contributed by atoms with Gasteiger partial charge in [0.15, 0.2) is 0 Å². The van der Waals surface area contributed by atoms with E-state index in [0.29, 0.717) is 5.56 Å². The Bertz CT molecular complexity index is 592. The summed E-state index contributed by atoms with van der Waals surface area (Å²) >= 11 is 0. The average Bonchev–Trinajstić information content (AvgIpc) is 2.60. The van der Waals surface area contributed by atoms with Crippen molar-refractivity contribution in [2.24, 2.45) is 0 Å². The fraction of sp³-hybridized carbons (Fsp3) is 0.278. The minimum atomic E-state index is -0.0439. The van der Waals surface area contributed by atoms with E-state index in [1.165, 1.54) is 0 Å². The van der Waals surface area contributed by atoms with Gasteiger partial charge in [-0.25, -0.2) is 10.0 Å². The molecule has 0 aromatic heterocycles. The first-order chi connectivity index (χ1) is 10.7. The van der Waals surface area contributed by atoms with Gasteiger partial charge in [0, 0.05) is 18.7 Å². The van der Waals surface area contributed by atoms with E-state index in [4.69, 9.17) is 4.74 Å². The molecule has 0 aliphatic carbocycles. The van der Waals surface area contributed by atoms with E-state index in [9.17, 15) is 4.79 Å². The van der Waals surface area contributed by atoms with Gasteiger partial charge in [-0.05, 0) is 36.4 Å². The second kappa shape index (κ2) is 7.61. The van der Waals surface area contributed by atoms with Gasteiger partial charge in [0.25, 0.3) is 5.91 Å². The predicted octanol–water partition coefficient (Wildman–Crippen LogP) is 3.60. The van der Waals surface area contributed by atoms with Gasteiger partial charge in [-0.3, -0.25) is 4.79 Å². The van der Waals surface area contributed by atoms with E-state index in [0.717, 1.165) is 24.5 Å². The van der Waals surface area contributed by atoms with Crippen molar-refractivity contribution in [2.45, 2.75) is 13.8 Å². The number of hydrogen-bond acceptors (Lipinski definition) is 3. The van der Waals surface area contributed by atoms with Gasteiger partial charge in [-0.1, -0.05) is 32.0 Å². The molecule has 0 aliphatic rings. The van der Waals surface area contributed by atoms with Crippen LogP contribution in [0, 0.1) is 0 Å². The fourth-order valence-corrected chi connectivity index (χ4v) is 2.34. The third-order valence-electron chi connectivity index (χ3n) is 3.54. The minimum Gasteiger partial charge on any atom is -0.497 e. The highest BCUT2D eigenvalue weighted by Crippen LogP contribution is 2.20. The number of carbonyl (C=O) groups excluding carboxylic acids is 1. The second-order valence-electron chi connectivity index (χ2n) is 4.82. The molecule has 0 bridgehead atoms. The van der Waals surface area contributed by atoms with E-state index < -0.39 is 0 Å². The van der Waals surface area contributed by atoms with Crippen LogP contribution in [0.2, 0.25) is 0 Å². The number of carbonyl (C=O) groups is 1. The number of para-hydroxylation sites is 1. The Morgan fingerprint density at radius 3 is 2.05 bits per heavy atom. The molecule has 2 rings (SSSR count). The SMILES string of the molecule is CCN(CC)N(C(=O)c1ccc(OC)cc1)c1ccccc1. The second-order valence-corrected chi connectivity index (χ2v) is 4.82. The Hall–Kier alpha value is -2.33. The minimum absolute atomic E-state index is 0.0439. The van der Waals surface area contributed by atoms with Crippen LogP contribution in [0.5, 0.6) is 5.75 Å². The Kier molecular flexibility index (Phi) is 5.55. The molecule has 0 radical (unpaired) electrons. The lowest BCUT2D eigenvalue weighted by atomic mass is 10.2. The summed E-state index contributed by atoms with van der Waals surface area (Å²) < 4.78 is 5.15. The number of rotatable bonds is 6. The zero-order chi connectivity index (χ0) is 15.9. The number of hydrogen-bond donors (Lipinski definition) is 0. The largest absolute Gasteiger partial charge is 0.497 e. The van der Waals surface area contributed by atoms with Crippen molar-refractivity contribution in [3.63, 3.8) is 0 Å². The third-order valence-corrected chi connectivity index (χ3v) is 3.54. The predicted molar refractivity (Wildman–Crippen MR) is 89.2 cm³/mol. The van der Waals surface area contributed by atoms with Crippen LogP contribution in [0.15, 0.2) is 54.6 Å². The van der Waals surface area contributed by atoms with Crippen LogP contribution in [0.25, 0.3) is 0 Å². The molecule has 0 saturated carbocycles. The number of amides is 1. The number of ether oxygens (including phenoxy) is 1. The van der Waals surface area contributed by atoms with Crippen LogP contribution < -0.4 is 9.75 Å². The zero-order valence-corrected chi connectivity index (χ0v) is 13.3. The van der Waals surface area contributed by atoms with E-state index in [1.807, 2.05) is 49.2 Å². The molecule has 22 heavy (non-hydrogen) atoms. The van der Waals surface area contributed by atoms with Crippen molar-refractivity contribution in [1.82, 2.24) is 5.01 Å². The van der Waals surface area contributed by atoms with Gasteiger partial charge in [-0.15, -0.1) is 0 Å². The van der Waals surface area contributed by atoms with Crippen LogP contribution in [-0.4, -0.2) is 31.1 Å². The fourth-order valence-electron chi connectivity index (χ4n) is 2.34. The highest BCUT2D eigenvalue weighted by atomic mass is 16.5. The summed E-state index contributed by atoms with van der Waals surface area (Å²) in [5.74, 6) is 0.697. The molecule has 0 unspecified atom stereocenters. The summed E-state index contributed by atoms with van der Waals surface area (Å²) in [5.41, 5.74) is 1.50. The van der Waals surface area contributed by atoms with Crippen molar-refractivity contribution in [3.8, 4) is 5.75 Å². The standard InChI is InChI=1S/C18H22N2O2/c1-4-19(5-2)20(16-9-7-6-8-10-16)18(21)15-11-13-17(22-3)14-12-15/h6-14H,4-5H2,1-3H3. The maximum absolute atomic E-state index is 12.9. The molecule has 2 aromatic carbocycles. The molecule has 0 N–H and O–H groups in total. The molecular formula is C18H22N2O2. The van der Waals surface area contributed by atoms with Crippen molar-refractivity contribution in [2.75, 3.05) is 25.2 Å². The lowest BCUT2D eigenvalue weighted by molar-refractivity contribution is 0.0902. The molecule has 2 aromatic rings. The first-order valence-electron chi connectivity index (χ1n) is 7.49. The monoisotopic (exact) mass is 298 g/mol. The first-order valence-corrected chi connectivity index (χ1v) is 7.49. The molecule has 0 spiro atoms. The molecule has 4 heteroatoms. The summed E-state index contributed by atoms with van der Waals surface area (Å²) in [7, 11) is 1.61. The molecule has 0 saturated heterocycles. The molecule has 0 aliphatic heterocycles. The lowest BCUT2D eigenvalue weighted by Gasteiger charge is -2.33. The van der Waals surface area contributed by atoms with Crippen molar-refractivity contribution in [1.29, 1.82) is 0 Å². The van der Waals surface area contributed by atoms with Crippen LogP contribution in [-0.2, 0) is 0 Å². The Morgan fingerprint density at radius 2 is 1.55 bits per heavy atom. The van der Waals surface area contributed by atoms with Crippen LogP contribution >= 0.6 is 0 Å². The maximum Gasteiger partial charge on any atom is 0.272 e. The molecule has 0 atom stereocenters. The number of benzene rings is 2. The summed E-state index contributed by atoms with van der Waals surface area (Å²) in [6.45, 7) is 5.60. The zero-order valence-electron chi connectivity index (χ0n) is 13.3. The topological polar surface area (TPSA) is 32.8 Å². The maximum atomic E-state index is 12.9. The van der Waals surface area contributed by atoms with Crippen molar-refractivity contribution >= 4 is 11.6 Å². The third kappa shape index (κ3) is 3.46. The van der Waals surface area contributed by atoms with Crippen molar-refractivity contribution < 1.29 is 9.53 Å². The van der Waals surface area contributed by atoms with Gasteiger partial charge in [0.05, 0.1) is 12.8 Å². The molecule has 116 valence electrons.